The zero-order valence-corrected chi connectivity index (χ0v) is 6.80. The third-order valence-corrected chi connectivity index (χ3v) is 1.39. The fraction of sp³-hybridized carbons (Fsp3) is 0.286. The van der Waals surface area contributed by atoms with Crippen LogP contribution >= 0.6 is 0 Å². The second kappa shape index (κ2) is 3.88. The van der Waals surface area contributed by atoms with Crippen LogP contribution in [0.4, 0.5) is 26.1 Å². The molecule has 13 heavy (non-hydrogen) atoms. The van der Waals surface area contributed by atoms with E-state index in [1.165, 1.54) is 12.1 Å². The number of anilines is 3. The summed E-state index contributed by atoms with van der Waals surface area (Å²) in [4.78, 5) is 3.75. The molecule has 0 bridgehead atoms. The lowest BCUT2D eigenvalue weighted by molar-refractivity contribution is 0.163. The number of nitrogen functional groups attached to an aromatic ring is 2. The highest BCUT2D eigenvalue weighted by Crippen LogP contribution is 2.14. The van der Waals surface area contributed by atoms with Crippen molar-refractivity contribution in [2.75, 3.05) is 23.3 Å². The number of aromatic nitrogens is 1. The van der Waals surface area contributed by atoms with E-state index in [1.54, 1.807) is 0 Å². The molecule has 6 heteroatoms. The highest BCUT2D eigenvalue weighted by molar-refractivity contribution is 5.61. The molecular formula is C7H10F2N4. The first kappa shape index (κ1) is 9.50. The van der Waals surface area contributed by atoms with Crippen molar-refractivity contribution in [2.24, 2.45) is 0 Å². The Morgan fingerprint density at radius 2 is 2.08 bits per heavy atom. The van der Waals surface area contributed by atoms with Crippen molar-refractivity contribution in [1.82, 2.24) is 4.98 Å². The number of rotatable bonds is 3. The van der Waals surface area contributed by atoms with E-state index in [9.17, 15) is 8.78 Å². The van der Waals surface area contributed by atoms with Gasteiger partial charge in [0.25, 0.3) is 6.43 Å². The Labute approximate surface area is 73.9 Å². The lowest BCUT2D eigenvalue weighted by atomic mass is 10.4. The van der Waals surface area contributed by atoms with Gasteiger partial charge in [-0.2, -0.15) is 0 Å². The number of alkyl halides is 2. The molecular weight excluding hydrogens is 178 g/mol. The predicted octanol–water partition coefficient (Wildman–Crippen LogP) is 0.923. The first-order valence-electron chi connectivity index (χ1n) is 3.63. The van der Waals surface area contributed by atoms with Gasteiger partial charge < -0.3 is 16.8 Å². The summed E-state index contributed by atoms with van der Waals surface area (Å²) in [6.45, 7) is -0.448. The minimum Gasteiger partial charge on any atom is -0.396 e. The Morgan fingerprint density at radius 1 is 1.38 bits per heavy atom. The van der Waals surface area contributed by atoms with Gasteiger partial charge >= 0.3 is 0 Å². The van der Waals surface area contributed by atoms with Crippen LogP contribution in [0.5, 0.6) is 0 Å². The molecule has 72 valence electrons. The molecule has 4 nitrogen and oxygen atoms in total. The molecule has 0 aromatic carbocycles. The molecule has 1 aromatic heterocycles. The minimum atomic E-state index is -2.42. The van der Waals surface area contributed by atoms with Crippen molar-refractivity contribution in [3.8, 4) is 0 Å². The molecule has 5 N–H and O–H groups in total. The summed E-state index contributed by atoms with van der Waals surface area (Å²) < 4.78 is 23.5. The molecule has 0 fully saturated rings. The van der Waals surface area contributed by atoms with Crippen molar-refractivity contribution in [2.45, 2.75) is 6.43 Å². The topological polar surface area (TPSA) is 77.0 Å². The summed E-state index contributed by atoms with van der Waals surface area (Å²) in [6, 6.07) is 3.00. The largest absolute Gasteiger partial charge is 0.396 e. The molecule has 1 aromatic rings. The molecule has 1 rings (SSSR count). The van der Waals surface area contributed by atoms with E-state index in [-0.39, 0.29) is 5.82 Å². The van der Waals surface area contributed by atoms with Gasteiger partial charge in [0.2, 0.25) is 0 Å². The Morgan fingerprint density at radius 3 is 2.62 bits per heavy atom. The number of nitrogens with two attached hydrogens (primary N) is 2. The Bertz CT molecular complexity index is 290. The van der Waals surface area contributed by atoms with Gasteiger partial charge in [0.1, 0.15) is 11.6 Å². The third-order valence-electron chi connectivity index (χ3n) is 1.39. The standard InChI is InChI=1S/C7H10F2N4/c8-5(9)3-12-6-2-1-4(10)7(11)13-6/h1-2,5H,3,10H2,(H3,11,12,13). The number of hydrogen-bond acceptors (Lipinski definition) is 4. The average molecular weight is 188 g/mol. The van der Waals surface area contributed by atoms with Crippen LogP contribution in [0.3, 0.4) is 0 Å². The molecule has 0 aliphatic rings. The van der Waals surface area contributed by atoms with E-state index in [0.29, 0.717) is 11.5 Å². The molecule has 0 radical (unpaired) electrons. The van der Waals surface area contributed by atoms with Gasteiger partial charge in [-0.25, -0.2) is 13.8 Å². The van der Waals surface area contributed by atoms with Crippen LogP contribution < -0.4 is 16.8 Å². The smallest absolute Gasteiger partial charge is 0.255 e. The van der Waals surface area contributed by atoms with Gasteiger partial charge in [-0.05, 0) is 12.1 Å². The highest BCUT2D eigenvalue weighted by atomic mass is 19.3. The lowest BCUT2D eigenvalue weighted by Crippen LogP contribution is -2.12. The molecule has 0 aliphatic carbocycles. The van der Waals surface area contributed by atoms with E-state index >= 15 is 0 Å². The normalized spacial score (nSPS) is 10.4. The Balaban J connectivity index is 2.63. The SMILES string of the molecule is Nc1ccc(NCC(F)F)nc1N. The molecule has 0 amide bonds. The summed E-state index contributed by atoms with van der Waals surface area (Å²) in [6.07, 6.45) is -2.42. The van der Waals surface area contributed by atoms with Crippen LogP contribution in [0.15, 0.2) is 12.1 Å². The number of nitrogens with one attached hydrogen (secondary N) is 1. The number of halogens is 2. The van der Waals surface area contributed by atoms with Crippen LogP contribution in [0.2, 0.25) is 0 Å². The van der Waals surface area contributed by atoms with Crippen molar-refractivity contribution < 1.29 is 8.78 Å². The lowest BCUT2D eigenvalue weighted by Gasteiger charge is -2.06. The fourth-order valence-electron chi connectivity index (χ4n) is 0.766. The van der Waals surface area contributed by atoms with Gasteiger partial charge in [0.15, 0.2) is 0 Å². The van der Waals surface area contributed by atoms with E-state index in [0.717, 1.165) is 0 Å². The summed E-state index contributed by atoms with van der Waals surface area (Å²) in [7, 11) is 0. The molecule has 1 heterocycles. The number of nitrogens with zero attached hydrogens (tertiary/aromatic N) is 1. The molecule has 0 saturated carbocycles. The molecule has 0 aliphatic heterocycles. The number of hydrogen-bond donors (Lipinski definition) is 3. The average Bonchev–Trinajstić information content (AvgIpc) is 2.07. The third kappa shape index (κ3) is 2.73. The van der Waals surface area contributed by atoms with E-state index in [4.69, 9.17) is 11.5 Å². The van der Waals surface area contributed by atoms with Gasteiger partial charge in [-0.1, -0.05) is 0 Å². The predicted molar refractivity (Wildman–Crippen MR) is 47.6 cm³/mol. The zero-order valence-electron chi connectivity index (χ0n) is 6.80. The minimum absolute atomic E-state index is 0.138. The van der Waals surface area contributed by atoms with Crippen molar-refractivity contribution in [1.29, 1.82) is 0 Å². The van der Waals surface area contributed by atoms with Crippen molar-refractivity contribution >= 4 is 17.3 Å². The summed E-state index contributed by atoms with van der Waals surface area (Å²) in [5.41, 5.74) is 11.1. The van der Waals surface area contributed by atoms with Crippen LogP contribution in [0.1, 0.15) is 0 Å². The maximum atomic E-state index is 11.8. The van der Waals surface area contributed by atoms with Crippen LogP contribution in [0.25, 0.3) is 0 Å². The van der Waals surface area contributed by atoms with Gasteiger partial charge in [0, 0.05) is 0 Å². The quantitative estimate of drug-likeness (QED) is 0.659. The van der Waals surface area contributed by atoms with Crippen molar-refractivity contribution in [3.05, 3.63) is 12.1 Å². The molecule has 0 unspecified atom stereocenters. The Kier molecular flexibility index (Phi) is 2.84. The fourth-order valence-corrected chi connectivity index (χ4v) is 0.766. The maximum absolute atomic E-state index is 11.8. The second-order valence-corrected chi connectivity index (χ2v) is 2.44. The zero-order chi connectivity index (χ0) is 9.84. The number of pyridine rings is 1. The second-order valence-electron chi connectivity index (χ2n) is 2.44. The maximum Gasteiger partial charge on any atom is 0.255 e. The Hall–Kier alpha value is -1.59. The van der Waals surface area contributed by atoms with Crippen LogP contribution in [0, 0.1) is 0 Å². The monoisotopic (exact) mass is 188 g/mol. The highest BCUT2D eigenvalue weighted by Gasteiger charge is 2.03. The summed E-state index contributed by atoms with van der Waals surface area (Å²) in [5, 5.41) is 2.42. The molecule has 0 spiro atoms. The van der Waals surface area contributed by atoms with E-state index in [2.05, 4.69) is 10.3 Å². The summed E-state index contributed by atoms with van der Waals surface area (Å²) >= 11 is 0. The molecule has 0 saturated heterocycles. The van der Waals surface area contributed by atoms with E-state index < -0.39 is 13.0 Å². The first-order chi connectivity index (χ1) is 6.09. The summed E-state index contributed by atoms with van der Waals surface area (Å²) in [5.74, 6) is 0.436. The van der Waals surface area contributed by atoms with Crippen molar-refractivity contribution in [3.63, 3.8) is 0 Å². The van der Waals surface area contributed by atoms with Crippen LogP contribution in [-0.2, 0) is 0 Å². The first-order valence-corrected chi connectivity index (χ1v) is 3.63. The van der Waals surface area contributed by atoms with E-state index in [1.807, 2.05) is 0 Å². The molecule has 0 atom stereocenters. The van der Waals surface area contributed by atoms with Crippen LogP contribution in [-0.4, -0.2) is 18.0 Å². The van der Waals surface area contributed by atoms with Gasteiger partial charge in [-0.15, -0.1) is 0 Å². The van der Waals surface area contributed by atoms with Gasteiger partial charge in [0.05, 0.1) is 12.2 Å². The van der Waals surface area contributed by atoms with Gasteiger partial charge in [-0.3, -0.25) is 0 Å².